The third-order valence-corrected chi connectivity index (χ3v) is 13.6. The van der Waals surface area contributed by atoms with Crippen LogP contribution in [0.1, 0.15) is 238 Å². The van der Waals surface area contributed by atoms with Gasteiger partial charge in [0.2, 0.25) is 0 Å². The molecule has 0 atom stereocenters. The summed E-state index contributed by atoms with van der Waals surface area (Å²) in [5.74, 6) is 0. The maximum Gasteiger partial charge on any atom is 0.0346 e. The van der Waals surface area contributed by atoms with Crippen molar-refractivity contribution in [3.05, 3.63) is 129 Å². The average Bonchev–Trinajstić information content (AvgIpc) is 3.28. The lowest BCUT2D eigenvalue weighted by molar-refractivity contribution is 0.524. The van der Waals surface area contributed by atoms with Crippen molar-refractivity contribution in [3.63, 3.8) is 0 Å². The van der Waals surface area contributed by atoms with Gasteiger partial charge in [0, 0.05) is 11.4 Å². The standard InChI is InChI=1S/C60H92N2/c1-3-5-7-23-29-33-57-49-55(43-45-59(57)61)47-53-39-35-51(36-40-53)31-27-25-21-19-17-15-13-11-9-10-12-14-16-18-20-22-26-28-32-52-37-41-54(42-38-52)48-56-44-46-60(62)58(50-56)34-30-24-8-6-4-2/h35-46,49-50H,3-34,47-48,61-62H2,1-2H3. The van der Waals surface area contributed by atoms with Gasteiger partial charge in [-0.1, -0.05) is 241 Å². The Hall–Kier alpha value is -3.52. The van der Waals surface area contributed by atoms with E-state index in [0.717, 1.165) is 37.1 Å². The van der Waals surface area contributed by atoms with Crippen molar-refractivity contribution in [2.45, 2.75) is 232 Å². The van der Waals surface area contributed by atoms with Crippen molar-refractivity contribution in [2.75, 3.05) is 11.5 Å². The van der Waals surface area contributed by atoms with Crippen LogP contribution in [0.3, 0.4) is 0 Å². The number of anilines is 2. The van der Waals surface area contributed by atoms with Gasteiger partial charge in [-0.2, -0.15) is 0 Å². The van der Waals surface area contributed by atoms with Crippen LogP contribution >= 0.6 is 0 Å². The summed E-state index contributed by atoms with van der Waals surface area (Å²) in [5.41, 5.74) is 25.8. The fraction of sp³-hybridized carbons (Fsp3) is 0.600. The number of hydrogen-bond acceptors (Lipinski definition) is 2. The first-order valence-corrected chi connectivity index (χ1v) is 26.4. The van der Waals surface area contributed by atoms with Gasteiger partial charge >= 0.3 is 0 Å². The molecular formula is C60H92N2. The summed E-state index contributed by atoms with van der Waals surface area (Å²) in [4.78, 5) is 0. The van der Waals surface area contributed by atoms with Gasteiger partial charge in [-0.05, 0) is 121 Å². The molecule has 0 unspecified atom stereocenters. The van der Waals surface area contributed by atoms with Gasteiger partial charge in [-0.15, -0.1) is 0 Å². The first kappa shape index (κ1) is 51.1. The van der Waals surface area contributed by atoms with Gasteiger partial charge in [0.1, 0.15) is 0 Å². The molecule has 0 heterocycles. The van der Waals surface area contributed by atoms with Crippen LogP contribution in [-0.4, -0.2) is 0 Å². The summed E-state index contributed by atoms with van der Waals surface area (Å²) in [7, 11) is 0. The van der Waals surface area contributed by atoms with Gasteiger partial charge in [-0.3, -0.25) is 0 Å². The number of aryl methyl sites for hydroxylation is 4. The Morgan fingerprint density at radius 1 is 0.258 bits per heavy atom. The second-order valence-electron chi connectivity index (χ2n) is 19.2. The Balaban J connectivity index is 0.893. The molecule has 4 rings (SSSR count). The van der Waals surface area contributed by atoms with E-state index in [-0.39, 0.29) is 0 Å². The van der Waals surface area contributed by atoms with Crippen molar-refractivity contribution >= 4 is 11.4 Å². The molecule has 2 nitrogen and oxygen atoms in total. The number of unbranched alkanes of at least 4 members (excludes halogenated alkanes) is 25. The topological polar surface area (TPSA) is 52.0 Å². The molecule has 0 bridgehead atoms. The van der Waals surface area contributed by atoms with Crippen LogP contribution in [0.15, 0.2) is 84.9 Å². The molecule has 4 aromatic rings. The lowest BCUT2D eigenvalue weighted by Gasteiger charge is -2.10. The van der Waals surface area contributed by atoms with Crippen molar-refractivity contribution < 1.29 is 0 Å². The van der Waals surface area contributed by atoms with Crippen LogP contribution in [0.4, 0.5) is 11.4 Å². The molecule has 0 aliphatic heterocycles. The highest BCUT2D eigenvalue weighted by molar-refractivity contribution is 5.50. The molecule has 4 N–H and O–H groups in total. The summed E-state index contributed by atoms with van der Waals surface area (Å²) in [5, 5.41) is 0. The van der Waals surface area contributed by atoms with E-state index in [9.17, 15) is 0 Å². The van der Waals surface area contributed by atoms with Crippen LogP contribution in [-0.2, 0) is 38.5 Å². The SMILES string of the molecule is CCCCCCCc1cc(Cc2ccc(CCCCCCCCCCCCCCCCCCCCc3ccc(Cc4ccc(N)c(CCCCCCC)c4)cc3)cc2)ccc1N. The van der Waals surface area contributed by atoms with E-state index in [0.29, 0.717) is 0 Å². The first-order valence-electron chi connectivity index (χ1n) is 26.4. The van der Waals surface area contributed by atoms with Gasteiger partial charge in [0.25, 0.3) is 0 Å². The molecule has 0 radical (unpaired) electrons. The van der Waals surface area contributed by atoms with Crippen LogP contribution < -0.4 is 11.5 Å². The number of nitrogen functional groups attached to an aromatic ring is 2. The zero-order valence-electron chi connectivity index (χ0n) is 40.3. The Kier molecular flexibility index (Phi) is 27.3. The molecule has 62 heavy (non-hydrogen) atoms. The Bertz CT molecular complexity index is 1560. The molecule has 342 valence electrons. The predicted octanol–water partition coefficient (Wildman–Crippen LogP) is 17.9. The van der Waals surface area contributed by atoms with Gasteiger partial charge < -0.3 is 11.5 Å². The third kappa shape index (κ3) is 22.7. The summed E-state index contributed by atoms with van der Waals surface area (Å²) in [6.45, 7) is 4.55. The normalized spacial score (nSPS) is 11.5. The minimum absolute atomic E-state index is 0.960. The molecule has 0 aliphatic rings. The van der Waals surface area contributed by atoms with Crippen molar-refractivity contribution in [3.8, 4) is 0 Å². The fourth-order valence-electron chi connectivity index (χ4n) is 9.41. The molecule has 2 heteroatoms. The van der Waals surface area contributed by atoms with Gasteiger partial charge in [-0.25, -0.2) is 0 Å². The molecule has 4 aromatic carbocycles. The van der Waals surface area contributed by atoms with E-state index in [1.54, 1.807) is 0 Å². The van der Waals surface area contributed by atoms with Crippen LogP contribution in [0, 0.1) is 0 Å². The molecule has 0 spiro atoms. The molecule has 0 aliphatic carbocycles. The number of nitrogens with two attached hydrogens (primary N) is 2. The third-order valence-electron chi connectivity index (χ3n) is 13.6. The van der Waals surface area contributed by atoms with E-state index in [4.69, 9.17) is 11.5 Å². The smallest absolute Gasteiger partial charge is 0.0346 e. The summed E-state index contributed by atoms with van der Waals surface area (Å²) < 4.78 is 0. The monoisotopic (exact) mass is 841 g/mol. The highest BCUT2D eigenvalue weighted by Gasteiger charge is 2.06. The largest absolute Gasteiger partial charge is 0.399 e. The van der Waals surface area contributed by atoms with E-state index in [1.165, 1.54) is 237 Å². The van der Waals surface area contributed by atoms with Gasteiger partial charge in [0.05, 0.1) is 0 Å². The zero-order valence-corrected chi connectivity index (χ0v) is 40.3. The summed E-state index contributed by atoms with van der Waals surface area (Å²) >= 11 is 0. The fourth-order valence-corrected chi connectivity index (χ4v) is 9.41. The van der Waals surface area contributed by atoms with Crippen molar-refractivity contribution in [1.82, 2.24) is 0 Å². The highest BCUT2D eigenvalue weighted by Crippen LogP contribution is 2.23. The molecule has 0 amide bonds. The van der Waals surface area contributed by atoms with E-state index in [2.05, 4.69) is 98.8 Å². The van der Waals surface area contributed by atoms with E-state index < -0.39 is 0 Å². The maximum atomic E-state index is 6.32. The Morgan fingerprint density at radius 3 is 0.806 bits per heavy atom. The van der Waals surface area contributed by atoms with Crippen LogP contribution in [0.5, 0.6) is 0 Å². The average molecular weight is 841 g/mol. The minimum Gasteiger partial charge on any atom is -0.399 e. The predicted molar refractivity (Wildman–Crippen MR) is 276 cm³/mol. The van der Waals surface area contributed by atoms with E-state index >= 15 is 0 Å². The summed E-state index contributed by atoms with van der Waals surface area (Å²) in [6.07, 6.45) is 45.2. The quantitative estimate of drug-likeness (QED) is 0.0351. The molecule has 0 saturated heterocycles. The van der Waals surface area contributed by atoms with Crippen molar-refractivity contribution in [2.24, 2.45) is 0 Å². The molecule has 0 saturated carbocycles. The Morgan fingerprint density at radius 2 is 0.500 bits per heavy atom. The lowest BCUT2D eigenvalue weighted by Crippen LogP contribution is -1.98. The first-order chi connectivity index (χ1) is 30.5. The second-order valence-corrected chi connectivity index (χ2v) is 19.2. The number of benzene rings is 4. The summed E-state index contributed by atoms with van der Waals surface area (Å²) in [6, 6.07) is 32.2. The highest BCUT2D eigenvalue weighted by atomic mass is 14.6. The zero-order chi connectivity index (χ0) is 43.7. The van der Waals surface area contributed by atoms with Crippen molar-refractivity contribution in [1.29, 1.82) is 0 Å². The van der Waals surface area contributed by atoms with E-state index in [1.807, 2.05) is 0 Å². The van der Waals surface area contributed by atoms with Crippen LogP contribution in [0.2, 0.25) is 0 Å². The number of rotatable bonds is 37. The van der Waals surface area contributed by atoms with Crippen LogP contribution in [0.25, 0.3) is 0 Å². The van der Waals surface area contributed by atoms with Gasteiger partial charge in [0.15, 0.2) is 0 Å². The number of hydrogen-bond donors (Lipinski definition) is 2. The minimum atomic E-state index is 0.960. The second kappa shape index (κ2) is 33.1. The Labute approximate surface area is 382 Å². The molecular weight excluding hydrogens is 749 g/mol. The lowest BCUT2D eigenvalue weighted by atomic mass is 9.97. The molecule has 0 fully saturated rings. The maximum absolute atomic E-state index is 6.32. The molecule has 0 aromatic heterocycles.